The minimum absolute atomic E-state index is 0.124. The third kappa shape index (κ3) is 2.85. The fraction of sp³-hybridized carbons (Fsp3) is 0.158. The number of amides is 4. The average molecular weight is 365 g/mol. The lowest BCUT2D eigenvalue weighted by molar-refractivity contribution is -0.155. The van der Waals surface area contributed by atoms with Crippen molar-refractivity contribution in [2.45, 2.75) is 12.8 Å². The first-order chi connectivity index (χ1) is 13.1. The van der Waals surface area contributed by atoms with Crippen molar-refractivity contribution in [3.05, 3.63) is 71.3 Å². The molecule has 0 aromatic heterocycles. The molecule has 0 unspecified atom stereocenters. The summed E-state index contributed by atoms with van der Waals surface area (Å²) in [4.78, 5) is 55.3. The van der Waals surface area contributed by atoms with Crippen LogP contribution in [-0.2, 0) is 21.0 Å². The number of hydrogen-bond acceptors (Lipinski definition) is 5. The van der Waals surface area contributed by atoms with Crippen LogP contribution in [0.4, 0.5) is 0 Å². The highest BCUT2D eigenvalue weighted by atomic mass is 16.6. The average Bonchev–Trinajstić information content (AvgIpc) is 2.91. The number of hydroxylamine groups is 1. The van der Waals surface area contributed by atoms with Gasteiger partial charge in [0.1, 0.15) is 6.17 Å². The van der Waals surface area contributed by atoms with Crippen LogP contribution in [0.5, 0.6) is 0 Å². The number of β-lactam (4-membered cyclic amide) rings is 1. The third-order valence-electron chi connectivity index (χ3n) is 4.53. The van der Waals surface area contributed by atoms with E-state index in [1.165, 1.54) is 12.1 Å². The first kappa shape index (κ1) is 16.9. The quantitative estimate of drug-likeness (QED) is 0.349. The van der Waals surface area contributed by atoms with E-state index in [1.54, 1.807) is 12.1 Å². The Hall–Kier alpha value is -3.52. The Bertz CT molecular complexity index is 908. The van der Waals surface area contributed by atoms with E-state index < -0.39 is 35.7 Å². The van der Waals surface area contributed by atoms with Crippen molar-refractivity contribution in [3.63, 3.8) is 0 Å². The maximum Gasteiger partial charge on any atom is 0.263 e. The van der Waals surface area contributed by atoms with Crippen LogP contribution in [0.2, 0.25) is 0 Å². The van der Waals surface area contributed by atoms with Gasteiger partial charge in [0.2, 0.25) is 5.91 Å². The van der Waals surface area contributed by atoms with Crippen molar-refractivity contribution in [2.24, 2.45) is 5.92 Å². The molecular weight excluding hydrogens is 350 g/mol. The van der Waals surface area contributed by atoms with Crippen LogP contribution in [0.1, 0.15) is 26.3 Å². The van der Waals surface area contributed by atoms with Crippen LogP contribution in [0, 0.1) is 5.92 Å². The summed E-state index contributed by atoms with van der Waals surface area (Å²) in [6, 6.07) is 15.5. The van der Waals surface area contributed by atoms with Crippen molar-refractivity contribution in [2.75, 3.05) is 0 Å². The second kappa shape index (κ2) is 6.65. The van der Waals surface area contributed by atoms with Crippen molar-refractivity contribution in [3.8, 4) is 0 Å². The molecule has 8 heteroatoms. The van der Waals surface area contributed by atoms with Crippen LogP contribution in [0.25, 0.3) is 0 Å². The Morgan fingerprint density at radius 1 is 0.963 bits per heavy atom. The van der Waals surface area contributed by atoms with Crippen LogP contribution >= 0.6 is 0 Å². The molecule has 2 atom stereocenters. The summed E-state index contributed by atoms with van der Waals surface area (Å²) in [6.07, 6.45) is -1.04. The minimum atomic E-state index is -1.22. The Labute approximate surface area is 154 Å². The molecule has 1 saturated heterocycles. The van der Waals surface area contributed by atoms with Crippen molar-refractivity contribution >= 4 is 23.6 Å². The first-order valence-electron chi connectivity index (χ1n) is 8.31. The fourth-order valence-corrected chi connectivity index (χ4v) is 3.13. The summed E-state index contributed by atoms with van der Waals surface area (Å²) in [5.74, 6) is -3.58. The number of benzene rings is 2. The second-order valence-corrected chi connectivity index (χ2v) is 6.20. The van der Waals surface area contributed by atoms with E-state index in [-0.39, 0.29) is 17.7 Å². The molecule has 0 spiro atoms. The van der Waals surface area contributed by atoms with Gasteiger partial charge >= 0.3 is 0 Å². The fourth-order valence-electron chi connectivity index (χ4n) is 3.13. The molecule has 27 heavy (non-hydrogen) atoms. The Balaban J connectivity index is 1.43. The lowest BCUT2D eigenvalue weighted by atomic mass is 9.95. The Morgan fingerprint density at radius 3 is 2.15 bits per heavy atom. The van der Waals surface area contributed by atoms with Gasteiger partial charge in [-0.1, -0.05) is 42.5 Å². The highest BCUT2D eigenvalue weighted by Gasteiger charge is 2.54. The Morgan fingerprint density at radius 2 is 1.56 bits per heavy atom. The summed E-state index contributed by atoms with van der Waals surface area (Å²) in [5.41, 5.74) is 3.57. The first-order valence-corrected chi connectivity index (χ1v) is 8.31. The molecule has 0 radical (unpaired) electrons. The van der Waals surface area contributed by atoms with Crippen LogP contribution < -0.4 is 10.8 Å². The van der Waals surface area contributed by atoms with Crippen molar-refractivity contribution in [1.82, 2.24) is 15.7 Å². The van der Waals surface area contributed by atoms with Gasteiger partial charge in [-0.05, 0) is 17.7 Å². The number of hydrogen-bond donors (Lipinski definition) is 2. The van der Waals surface area contributed by atoms with Crippen molar-refractivity contribution < 1.29 is 24.0 Å². The second-order valence-electron chi connectivity index (χ2n) is 6.20. The topological polar surface area (TPSA) is 105 Å². The zero-order valence-electron chi connectivity index (χ0n) is 14.0. The standard InChI is InChI=1S/C19H15N3O5/c23-16-14(17(24)21-27-10-11-6-2-1-3-7-11)15(20-16)22-18(25)12-8-4-5-9-13(12)19(22)26/h1-9,14-15H,10H2,(H,20,23)(H,21,24)/t14-,15-/m0/s1. The van der Waals surface area contributed by atoms with E-state index in [4.69, 9.17) is 4.84 Å². The smallest absolute Gasteiger partial charge is 0.263 e. The predicted octanol–water partition coefficient (Wildman–Crippen LogP) is 0.603. The highest BCUT2D eigenvalue weighted by Crippen LogP contribution is 2.29. The van der Waals surface area contributed by atoms with Gasteiger partial charge in [0.15, 0.2) is 5.92 Å². The SMILES string of the molecule is O=C(NOCc1ccccc1)[C@@H]1C(=O)N[C@H]1N1C(=O)c2ccccc2C1=O. The third-order valence-corrected chi connectivity index (χ3v) is 4.53. The van der Waals surface area contributed by atoms with E-state index in [0.29, 0.717) is 0 Å². The lowest BCUT2D eigenvalue weighted by Gasteiger charge is -2.39. The molecule has 0 saturated carbocycles. The van der Waals surface area contributed by atoms with E-state index in [2.05, 4.69) is 10.8 Å². The molecular formula is C19H15N3O5. The summed E-state index contributed by atoms with van der Waals surface area (Å²) < 4.78 is 0. The predicted molar refractivity (Wildman–Crippen MR) is 91.7 cm³/mol. The van der Waals surface area contributed by atoms with Crippen LogP contribution in [0.15, 0.2) is 54.6 Å². The maximum atomic E-state index is 12.5. The van der Waals surface area contributed by atoms with E-state index in [9.17, 15) is 19.2 Å². The van der Waals surface area contributed by atoms with Crippen molar-refractivity contribution in [1.29, 1.82) is 0 Å². The summed E-state index contributed by atoms with van der Waals surface area (Å²) in [5, 5.41) is 2.45. The Kier molecular flexibility index (Phi) is 4.17. The number of imide groups is 1. The number of carbonyl (C=O) groups is 4. The van der Waals surface area contributed by atoms with E-state index in [0.717, 1.165) is 10.5 Å². The molecule has 2 aliphatic heterocycles. The lowest BCUT2D eigenvalue weighted by Crippen LogP contribution is -2.70. The maximum absolute atomic E-state index is 12.5. The highest BCUT2D eigenvalue weighted by molar-refractivity contribution is 6.22. The molecule has 2 aliphatic rings. The van der Waals surface area contributed by atoms with Gasteiger partial charge < -0.3 is 5.32 Å². The molecule has 2 N–H and O–H groups in total. The van der Waals surface area contributed by atoms with Gasteiger partial charge in [-0.3, -0.25) is 28.9 Å². The minimum Gasteiger partial charge on any atom is -0.333 e. The molecule has 2 heterocycles. The van der Waals surface area contributed by atoms with E-state index in [1.807, 2.05) is 30.3 Å². The summed E-state index contributed by atoms with van der Waals surface area (Å²) in [6.45, 7) is 0.124. The van der Waals surface area contributed by atoms with Gasteiger partial charge in [-0.25, -0.2) is 5.48 Å². The molecule has 2 aromatic rings. The number of carbonyl (C=O) groups excluding carboxylic acids is 4. The normalized spacial score (nSPS) is 20.7. The molecule has 4 amide bonds. The monoisotopic (exact) mass is 365 g/mol. The molecule has 1 fully saturated rings. The molecule has 136 valence electrons. The largest absolute Gasteiger partial charge is 0.333 e. The van der Waals surface area contributed by atoms with Crippen LogP contribution in [-0.4, -0.2) is 34.7 Å². The number of nitrogens with one attached hydrogen (secondary N) is 2. The molecule has 8 nitrogen and oxygen atoms in total. The zero-order chi connectivity index (χ0) is 19.0. The number of nitrogens with zero attached hydrogens (tertiary/aromatic N) is 1. The summed E-state index contributed by atoms with van der Waals surface area (Å²) >= 11 is 0. The van der Waals surface area contributed by atoms with Gasteiger partial charge in [-0.15, -0.1) is 0 Å². The number of rotatable bonds is 5. The molecule has 2 aromatic carbocycles. The van der Waals surface area contributed by atoms with E-state index >= 15 is 0 Å². The van der Waals surface area contributed by atoms with Gasteiger partial charge in [0, 0.05) is 0 Å². The van der Waals surface area contributed by atoms with Crippen LogP contribution in [0.3, 0.4) is 0 Å². The van der Waals surface area contributed by atoms with Gasteiger partial charge in [0.25, 0.3) is 17.7 Å². The van der Waals surface area contributed by atoms with Gasteiger partial charge in [0.05, 0.1) is 17.7 Å². The molecule has 0 bridgehead atoms. The number of fused-ring (bicyclic) bond motifs is 1. The zero-order valence-corrected chi connectivity index (χ0v) is 14.0. The summed E-state index contributed by atoms with van der Waals surface area (Å²) in [7, 11) is 0. The molecule has 4 rings (SSSR count). The van der Waals surface area contributed by atoms with Gasteiger partial charge in [-0.2, -0.15) is 0 Å². The molecule has 0 aliphatic carbocycles.